The summed E-state index contributed by atoms with van der Waals surface area (Å²) in [6, 6.07) is 10.9. The van der Waals surface area contributed by atoms with Gasteiger partial charge in [0.2, 0.25) is 5.76 Å². The van der Waals surface area contributed by atoms with Crippen molar-refractivity contribution in [3.05, 3.63) is 58.0 Å². The van der Waals surface area contributed by atoms with Gasteiger partial charge in [0.15, 0.2) is 11.3 Å². The fraction of sp³-hybridized carbons (Fsp3) is 0.294. The molecule has 0 bridgehead atoms. The number of hydrogen-bond acceptors (Lipinski definition) is 4. The van der Waals surface area contributed by atoms with Gasteiger partial charge in [-0.15, -0.1) is 0 Å². The van der Waals surface area contributed by atoms with Crippen molar-refractivity contribution in [3.63, 3.8) is 0 Å². The maximum Gasteiger partial charge on any atom is 0.374 e. The molecule has 23 heavy (non-hydrogen) atoms. The lowest BCUT2D eigenvalue weighted by molar-refractivity contribution is -0.124. The molecule has 1 amide bonds. The normalized spacial score (nSPS) is 11.8. The lowest BCUT2D eigenvalue weighted by atomic mass is 10.1. The van der Waals surface area contributed by atoms with Crippen LogP contribution < -0.4 is 5.32 Å². The van der Waals surface area contributed by atoms with Gasteiger partial charge in [0, 0.05) is 0 Å². The van der Waals surface area contributed by atoms with Crippen LogP contribution >= 0.6 is 15.9 Å². The SMILES string of the molecule is CCc1ccc([C@H](C)NC(=O)COC(=O)c2ccc(Br)o2)cc1. The molecule has 0 radical (unpaired) electrons. The third-order valence-electron chi connectivity index (χ3n) is 3.37. The molecule has 1 N–H and O–H groups in total. The van der Waals surface area contributed by atoms with Crippen molar-refractivity contribution in [3.8, 4) is 0 Å². The van der Waals surface area contributed by atoms with Crippen LogP contribution in [0, 0.1) is 0 Å². The van der Waals surface area contributed by atoms with Gasteiger partial charge in [-0.25, -0.2) is 4.79 Å². The zero-order chi connectivity index (χ0) is 16.8. The smallest absolute Gasteiger partial charge is 0.374 e. The standard InChI is InChI=1S/C17H18BrNO4/c1-3-12-4-6-13(7-5-12)11(2)19-16(20)10-22-17(21)14-8-9-15(18)23-14/h4-9,11H,3,10H2,1-2H3,(H,19,20)/t11-/m0/s1. The van der Waals surface area contributed by atoms with Crippen molar-refractivity contribution < 1.29 is 18.7 Å². The Morgan fingerprint density at radius 3 is 2.48 bits per heavy atom. The molecule has 0 saturated carbocycles. The minimum atomic E-state index is -0.675. The molecule has 1 aromatic carbocycles. The van der Waals surface area contributed by atoms with Crippen LogP contribution in [0.15, 0.2) is 45.5 Å². The summed E-state index contributed by atoms with van der Waals surface area (Å²) in [5, 5.41) is 2.79. The van der Waals surface area contributed by atoms with Crippen LogP contribution in [0.3, 0.4) is 0 Å². The number of ether oxygens (including phenoxy) is 1. The number of hydrogen-bond donors (Lipinski definition) is 1. The average Bonchev–Trinajstić information content (AvgIpc) is 2.99. The van der Waals surface area contributed by atoms with E-state index in [1.807, 2.05) is 31.2 Å². The maximum absolute atomic E-state index is 11.9. The Hall–Kier alpha value is -2.08. The van der Waals surface area contributed by atoms with E-state index in [0.717, 1.165) is 12.0 Å². The van der Waals surface area contributed by atoms with E-state index in [-0.39, 0.29) is 24.3 Å². The molecule has 2 rings (SSSR count). The Morgan fingerprint density at radius 1 is 1.22 bits per heavy atom. The molecule has 0 aliphatic heterocycles. The number of carbonyl (C=O) groups is 2. The van der Waals surface area contributed by atoms with Crippen LogP contribution in [0.25, 0.3) is 0 Å². The van der Waals surface area contributed by atoms with Crippen LogP contribution in [-0.4, -0.2) is 18.5 Å². The number of amides is 1. The molecular formula is C17H18BrNO4. The highest BCUT2D eigenvalue weighted by Crippen LogP contribution is 2.15. The topological polar surface area (TPSA) is 68.5 Å². The number of benzene rings is 1. The first-order valence-electron chi connectivity index (χ1n) is 7.30. The van der Waals surface area contributed by atoms with E-state index in [0.29, 0.717) is 4.67 Å². The molecule has 122 valence electrons. The van der Waals surface area contributed by atoms with Crippen molar-refractivity contribution in [1.82, 2.24) is 5.32 Å². The Bertz CT molecular complexity index is 678. The molecule has 0 aliphatic carbocycles. The van der Waals surface area contributed by atoms with Crippen molar-refractivity contribution in [2.24, 2.45) is 0 Å². The highest BCUT2D eigenvalue weighted by Gasteiger charge is 2.15. The zero-order valence-corrected chi connectivity index (χ0v) is 14.6. The highest BCUT2D eigenvalue weighted by atomic mass is 79.9. The van der Waals surface area contributed by atoms with Crippen molar-refractivity contribution >= 4 is 27.8 Å². The molecular weight excluding hydrogens is 362 g/mol. The maximum atomic E-state index is 11.9. The first kappa shape index (κ1) is 17.3. The van der Waals surface area contributed by atoms with E-state index >= 15 is 0 Å². The average molecular weight is 380 g/mol. The lowest BCUT2D eigenvalue weighted by Crippen LogP contribution is -2.31. The number of rotatable bonds is 6. The molecule has 0 unspecified atom stereocenters. The Morgan fingerprint density at radius 2 is 1.91 bits per heavy atom. The van der Waals surface area contributed by atoms with Gasteiger partial charge in [0.1, 0.15) is 0 Å². The van der Waals surface area contributed by atoms with Crippen LogP contribution in [0.1, 0.15) is 41.6 Å². The van der Waals surface area contributed by atoms with Crippen molar-refractivity contribution in [2.75, 3.05) is 6.61 Å². The molecule has 0 aliphatic rings. The summed E-state index contributed by atoms with van der Waals surface area (Å²) < 4.78 is 10.4. The van der Waals surface area contributed by atoms with Gasteiger partial charge in [-0.2, -0.15) is 0 Å². The molecule has 5 nitrogen and oxygen atoms in total. The van der Waals surface area contributed by atoms with E-state index in [1.54, 1.807) is 6.07 Å². The first-order valence-corrected chi connectivity index (χ1v) is 8.09. The predicted octanol–water partition coefficient (Wildman–Crippen LogP) is 3.64. The molecule has 6 heteroatoms. The van der Waals surface area contributed by atoms with E-state index < -0.39 is 5.97 Å². The summed E-state index contributed by atoms with van der Waals surface area (Å²) in [5.74, 6) is -0.991. The lowest BCUT2D eigenvalue weighted by Gasteiger charge is -2.14. The van der Waals surface area contributed by atoms with E-state index in [1.165, 1.54) is 11.6 Å². The monoisotopic (exact) mass is 379 g/mol. The van der Waals surface area contributed by atoms with Gasteiger partial charge in [0.25, 0.3) is 5.91 Å². The number of esters is 1. The van der Waals surface area contributed by atoms with E-state index in [9.17, 15) is 9.59 Å². The summed E-state index contributed by atoms with van der Waals surface area (Å²) in [4.78, 5) is 23.5. The van der Waals surface area contributed by atoms with Gasteiger partial charge in [0.05, 0.1) is 6.04 Å². The molecule has 1 atom stereocenters. The van der Waals surface area contributed by atoms with Gasteiger partial charge >= 0.3 is 5.97 Å². The van der Waals surface area contributed by atoms with Crippen LogP contribution in [0.4, 0.5) is 0 Å². The summed E-state index contributed by atoms with van der Waals surface area (Å²) in [7, 11) is 0. The van der Waals surface area contributed by atoms with Crippen molar-refractivity contribution in [1.29, 1.82) is 0 Å². The number of nitrogens with one attached hydrogen (secondary N) is 1. The third kappa shape index (κ3) is 4.96. The minimum Gasteiger partial charge on any atom is -0.450 e. The molecule has 0 fully saturated rings. The second-order valence-corrected chi connectivity index (χ2v) is 5.85. The first-order chi connectivity index (χ1) is 11.0. The second kappa shape index (κ2) is 7.97. The largest absolute Gasteiger partial charge is 0.450 e. The van der Waals surface area contributed by atoms with Crippen LogP contribution in [0.5, 0.6) is 0 Å². The summed E-state index contributed by atoms with van der Waals surface area (Å²) >= 11 is 3.10. The number of carbonyl (C=O) groups excluding carboxylic acids is 2. The van der Waals surface area contributed by atoms with Crippen LogP contribution in [0.2, 0.25) is 0 Å². The molecule has 2 aromatic rings. The zero-order valence-electron chi connectivity index (χ0n) is 13.0. The fourth-order valence-electron chi connectivity index (χ4n) is 2.03. The number of furan rings is 1. The Labute approximate surface area is 143 Å². The van der Waals surface area contributed by atoms with Crippen molar-refractivity contribution in [2.45, 2.75) is 26.3 Å². The van der Waals surface area contributed by atoms with E-state index in [2.05, 4.69) is 28.2 Å². The quantitative estimate of drug-likeness (QED) is 0.777. The van der Waals surface area contributed by atoms with Gasteiger partial charge in [-0.1, -0.05) is 31.2 Å². The highest BCUT2D eigenvalue weighted by molar-refractivity contribution is 9.10. The van der Waals surface area contributed by atoms with Gasteiger partial charge < -0.3 is 14.5 Å². The van der Waals surface area contributed by atoms with Gasteiger partial charge in [-0.3, -0.25) is 4.79 Å². The summed E-state index contributed by atoms with van der Waals surface area (Å²) in [5.41, 5.74) is 2.24. The predicted molar refractivity (Wildman–Crippen MR) is 89.1 cm³/mol. The molecule has 0 spiro atoms. The van der Waals surface area contributed by atoms with Crippen LogP contribution in [-0.2, 0) is 16.0 Å². The second-order valence-electron chi connectivity index (χ2n) is 5.06. The van der Waals surface area contributed by atoms with E-state index in [4.69, 9.17) is 9.15 Å². The molecule has 1 aromatic heterocycles. The Kier molecular flexibility index (Phi) is 5.98. The summed E-state index contributed by atoms with van der Waals surface area (Å²) in [6.45, 7) is 3.62. The van der Waals surface area contributed by atoms with Gasteiger partial charge in [-0.05, 0) is 52.5 Å². The Balaban J connectivity index is 1.82. The molecule has 1 heterocycles. The third-order valence-corrected chi connectivity index (χ3v) is 3.80. The number of halogens is 1. The minimum absolute atomic E-state index is 0.0490. The summed E-state index contributed by atoms with van der Waals surface area (Å²) in [6.07, 6.45) is 0.972. The molecule has 0 saturated heterocycles. The fourth-order valence-corrected chi connectivity index (χ4v) is 2.34. The number of aryl methyl sites for hydroxylation is 1.